The summed E-state index contributed by atoms with van der Waals surface area (Å²) in [4.78, 5) is 0. The Morgan fingerprint density at radius 3 is 2.78 bits per heavy atom. The van der Waals surface area contributed by atoms with Crippen LogP contribution in [0.2, 0.25) is 0 Å². The van der Waals surface area contributed by atoms with Crippen molar-refractivity contribution >= 4 is 0 Å². The van der Waals surface area contributed by atoms with E-state index < -0.39 is 0 Å². The van der Waals surface area contributed by atoms with Crippen LogP contribution in [0.15, 0.2) is 36.7 Å². The molecule has 4 heteroatoms. The van der Waals surface area contributed by atoms with Gasteiger partial charge in [0.05, 0.1) is 12.4 Å². The Kier molecular flexibility index (Phi) is 2.81. The van der Waals surface area contributed by atoms with Gasteiger partial charge in [-0.2, -0.15) is 10.2 Å². The molecule has 1 unspecified atom stereocenters. The molecular weight excluding hydrogens is 224 g/mol. The summed E-state index contributed by atoms with van der Waals surface area (Å²) < 4.78 is 0. The van der Waals surface area contributed by atoms with E-state index in [4.69, 9.17) is 11.5 Å². The Morgan fingerprint density at radius 2 is 2.00 bits per heavy atom. The molecule has 18 heavy (non-hydrogen) atoms. The minimum atomic E-state index is -0.0990. The van der Waals surface area contributed by atoms with Crippen LogP contribution in [0.4, 0.5) is 0 Å². The maximum Gasteiger partial charge on any atom is 0.0574 e. The summed E-state index contributed by atoms with van der Waals surface area (Å²) in [6.45, 7) is 0. The highest BCUT2D eigenvalue weighted by atomic mass is 15.1. The number of aromatic nitrogens is 2. The highest BCUT2D eigenvalue weighted by molar-refractivity contribution is 5.69. The summed E-state index contributed by atoms with van der Waals surface area (Å²) in [6.07, 6.45) is 5.41. The largest absolute Gasteiger partial charge is 0.326 e. The topological polar surface area (TPSA) is 77.8 Å². The van der Waals surface area contributed by atoms with Crippen molar-refractivity contribution in [1.29, 1.82) is 0 Å². The van der Waals surface area contributed by atoms with Crippen molar-refractivity contribution in [2.24, 2.45) is 11.5 Å². The van der Waals surface area contributed by atoms with Crippen LogP contribution >= 0.6 is 0 Å². The number of hydrogen-bond donors (Lipinski definition) is 2. The van der Waals surface area contributed by atoms with Gasteiger partial charge >= 0.3 is 0 Å². The predicted octanol–water partition coefficient (Wildman–Crippen LogP) is 1.42. The average molecular weight is 240 g/mol. The number of nitrogens with zero attached hydrogens (tertiary/aromatic N) is 2. The van der Waals surface area contributed by atoms with Crippen LogP contribution < -0.4 is 11.5 Å². The highest BCUT2D eigenvalue weighted by Gasteiger charge is 2.26. The first-order chi connectivity index (χ1) is 8.77. The van der Waals surface area contributed by atoms with Gasteiger partial charge in [0.25, 0.3) is 0 Å². The van der Waals surface area contributed by atoms with Gasteiger partial charge in [0.1, 0.15) is 0 Å². The lowest BCUT2D eigenvalue weighted by Crippen LogP contribution is -2.38. The molecule has 4 nitrogen and oxygen atoms in total. The molecule has 0 radical (unpaired) electrons. The average Bonchev–Trinajstić information content (AvgIpc) is 2.43. The second-order valence-corrected chi connectivity index (χ2v) is 4.74. The summed E-state index contributed by atoms with van der Waals surface area (Å²) >= 11 is 0. The number of rotatable bonds is 1. The normalized spacial score (nSPS) is 22.6. The van der Waals surface area contributed by atoms with E-state index in [0.717, 1.165) is 24.0 Å². The van der Waals surface area contributed by atoms with Gasteiger partial charge in [0.2, 0.25) is 0 Å². The van der Waals surface area contributed by atoms with Gasteiger partial charge in [-0.1, -0.05) is 18.2 Å². The van der Waals surface area contributed by atoms with Gasteiger partial charge in [-0.05, 0) is 35.6 Å². The molecule has 0 fully saturated rings. The second kappa shape index (κ2) is 4.48. The van der Waals surface area contributed by atoms with Crippen molar-refractivity contribution in [1.82, 2.24) is 10.2 Å². The first-order valence-electron chi connectivity index (χ1n) is 6.17. The number of aryl methyl sites for hydroxylation is 1. The standard InChI is InChI=1S/C14H16N4/c15-12-5-4-9-2-1-3-11(13(9)14(12)16)10-6-7-17-18-8-10/h1-3,6-8,12,14H,4-5,15-16H2/t12-,14?/m1/s1. The van der Waals surface area contributed by atoms with E-state index in [1.165, 1.54) is 11.1 Å². The highest BCUT2D eigenvalue weighted by Crippen LogP contribution is 2.35. The van der Waals surface area contributed by atoms with Crippen molar-refractivity contribution in [3.8, 4) is 11.1 Å². The number of hydrogen-bond acceptors (Lipinski definition) is 4. The third-order valence-electron chi connectivity index (χ3n) is 3.63. The van der Waals surface area contributed by atoms with E-state index in [-0.39, 0.29) is 12.1 Å². The first kappa shape index (κ1) is 11.3. The molecule has 0 amide bonds. The van der Waals surface area contributed by atoms with Gasteiger partial charge < -0.3 is 11.5 Å². The van der Waals surface area contributed by atoms with E-state index >= 15 is 0 Å². The lowest BCUT2D eigenvalue weighted by atomic mass is 9.81. The van der Waals surface area contributed by atoms with Crippen LogP contribution in [0.5, 0.6) is 0 Å². The molecular formula is C14H16N4. The van der Waals surface area contributed by atoms with Crippen LogP contribution in [0, 0.1) is 0 Å². The first-order valence-corrected chi connectivity index (χ1v) is 6.17. The van der Waals surface area contributed by atoms with E-state index in [2.05, 4.69) is 28.4 Å². The van der Waals surface area contributed by atoms with Crippen LogP contribution in [0.1, 0.15) is 23.6 Å². The van der Waals surface area contributed by atoms with Crippen molar-refractivity contribution in [2.45, 2.75) is 24.9 Å². The molecule has 1 heterocycles. The zero-order chi connectivity index (χ0) is 12.5. The molecule has 2 aromatic rings. The molecule has 0 bridgehead atoms. The van der Waals surface area contributed by atoms with Crippen molar-refractivity contribution < 1.29 is 0 Å². The minimum Gasteiger partial charge on any atom is -0.326 e. The summed E-state index contributed by atoms with van der Waals surface area (Å²) in [5.41, 5.74) is 17.0. The maximum atomic E-state index is 6.27. The molecule has 1 aromatic heterocycles. The van der Waals surface area contributed by atoms with Crippen LogP contribution in [0.25, 0.3) is 11.1 Å². The molecule has 4 N–H and O–H groups in total. The fraction of sp³-hybridized carbons (Fsp3) is 0.286. The smallest absolute Gasteiger partial charge is 0.0574 e. The van der Waals surface area contributed by atoms with Crippen molar-refractivity contribution in [2.75, 3.05) is 0 Å². The Bertz CT molecular complexity index is 553. The van der Waals surface area contributed by atoms with Gasteiger partial charge in [-0.25, -0.2) is 0 Å². The fourth-order valence-electron chi connectivity index (χ4n) is 2.64. The maximum absolute atomic E-state index is 6.27. The van der Waals surface area contributed by atoms with Crippen LogP contribution in [-0.4, -0.2) is 16.2 Å². The van der Waals surface area contributed by atoms with Crippen LogP contribution in [-0.2, 0) is 6.42 Å². The van der Waals surface area contributed by atoms with E-state index in [1.807, 2.05) is 6.07 Å². The zero-order valence-electron chi connectivity index (χ0n) is 10.1. The summed E-state index contributed by atoms with van der Waals surface area (Å²) in [5, 5.41) is 7.74. The predicted molar refractivity (Wildman–Crippen MR) is 70.7 cm³/mol. The molecule has 1 aliphatic carbocycles. The second-order valence-electron chi connectivity index (χ2n) is 4.74. The third-order valence-corrected chi connectivity index (χ3v) is 3.63. The van der Waals surface area contributed by atoms with E-state index in [1.54, 1.807) is 12.4 Å². The molecule has 3 rings (SSSR count). The molecule has 2 atom stereocenters. The summed E-state index contributed by atoms with van der Waals surface area (Å²) in [5.74, 6) is 0. The SMILES string of the molecule is NC1c2c(cccc2-c2ccnnc2)CC[C@H]1N. The third kappa shape index (κ3) is 1.79. The van der Waals surface area contributed by atoms with Crippen LogP contribution in [0.3, 0.4) is 0 Å². The zero-order valence-corrected chi connectivity index (χ0v) is 10.1. The Labute approximate surface area is 106 Å². The van der Waals surface area contributed by atoms with Gasteiger partial charge in [0.15, 0.2) is 0 Å². The summed E-state index contributed by atoms with van der Waals surface area (Å²) in [7, 11) is 0. The Balaban J connectivity index is 2.17. The number of fused-ring (bicyclic) bond motifs is 1. The molecule has 0 saturated carbocycles. The lowest BCUT2D eigenvalue weighted by molar-refractivity contribution is 0.482. The van der Waals surface area contributed by atoms with Crippen molar-refractivity contribution in [3.63, 3.8) is 0 Å². The minimum absolute atomic E-state index is 0.0356. The summed E-state index contributed by atoms with van der Waals surface area (Å²) in [6, 6.07) is 8.17. The molecule has 0 aliphatic heterocycles. The van der Waals surface area contributed by atoms with Crippen molar-refractivity contribution in [3.05, 3.63) is 47.8 Å². The van der Waals surface area contributed by atoms with Gasteiger partial charge in [-0.15, -0.1) is 0 Å². The monoisotopic (exact) mass is 240 g/mol. The number of nitrogens with two attached hydrogens (primary N) is 2. The van der Waals surface area contributed by atoms with E-state index in [9.17, 15) is 0 Å². The quantitative estimate of drug-likeness (QED) is 0.790. The van der Waals surface area contributed by atoms with Gasteiger partial charge in [-0.3, -0.25) is 0 Å². The molecule has 1 aliphatic rings. The van der Waals surface area contributed by atoms with Gasteiger partial charge in [0, 0.05) is 17.6 Å². The van der Waals surface area contributed by atoms with E-state index in [0.29, 0.717) is 0 Å². The molecule has 0 saturated heterocycles. The molecule has 92 valence electrons. The Hall–Kier alpha value is -1.78. The molecule has 1 aromatic carbocycles. The Morgan fingerprint density at radius 1 is 1.11 bits per heavy atom. The lowest BCUT2D eigenvalue weighted by Gasteiger charge is -2.30. The fourth-order valence-corrected chi connectivity index (χ4v) is 2.64. The number of benzene rings is 1. The molecule has 0 spiro atoms.